The molecule has 0 fully saturated rings. The molecule has 0 amide bonds. The third-order valence-electron chi connectivity index (χ3n) is 3.57. The van der Waals surface area contributed by atoms with Gasteiger partial charge in [0.15, 0.2) is 11.5 Å². The summed E-state index contributed by atoms with van der Waals surface area (Å²) in [7, 11) is 1.65. The summed E-state index contributed by atoms with van der Waals surface area (Å²) >= 11 is 0. The number of hydrogen-bond acceptors (Lipinski definition) is 3. The van der Waals surface area contributed by atoms with Gasteiger partial charge in [-0.25, -0.2) is 0 Å². The van der Waals surface area contributed by atoms with Gasteiger partial charge in [-0.05, 0) is 37.5 Å². The maximum absolute atomic E-state index is 5.72. The van der Waals surface area contributed by atoms with Crippen molar-refractivity contribution in [2.24, 2.45) is 0 Å². The molecular weight excluding hydrogens is 278 g/mol. The van der Waals surface area contributed by atoms with E-state index < -0.39 is 0 Å². The zero-order chi connectivity index (χ0) is 16.2. The normalized spacial score (nSPS) is 12.0. The second-order valence-corrected chi connectivity index (χ2v) is 5.35. The molecule has 0 unspecified atom stereocenters. The Morgan fingerprint density at radius 1 is 1.23 bits per heavy atom. The van der Waals surface area contributed by atoms with Crippen molar-refractivity contribution in [2.45, 2.75) is 32.7 Å². The zero-order valence-corrected chi connectivity index (χ0v) is 14.1. The molecule has 1 aromatic rings. The maximum atomic E-state index is 5.72. The second kappa shape index (κ2) is 11.1. The van der Waals surface area contributed by atoms with Crippen LogP contribution in [-0.4, -0.2) is 39.5 Å². The third-order valence-corrected chi connectivity index (χ3v) is 3.57. The Hall–Kier alpha value is -1.52. The lowest BCUT2D eigenvalue weighted by Crippen LogP contribution is -2.90. The number of methoxy groups -OCH3 is 1. The van der Waals surface area contributed by atoms with Crippen molar-refractivity contribution < 1.29 is 19.5 Å². The largest absolute Gasteiger partial charge is 0.493 e. The van der Waals surface area contributed by atoms with Gasteiger partial charge in [0.1, 0.15) is 6.61 Å². The predicted molar refractivity (Wildman–Crippen MR) is 89.8 cm³/mol. The molecule has 0 aromatic heterocycles. The molecule has 4 nitrogen and oxygen atoms in total. The van der Waals surface area contributed by atoms with Crippen LogP contribution >= 0.6 is 0 Å². The van der Waals surface area contributed by atoms with Gasteiger partial charge in [0.25, 0.3) is 0 Å². The molecule has 0 radical (unpaired) electrons. The minimum absolute atomic E-state index is 0.528. The smallest absolute Gasteiger partial charge is 0.161 e. The number of benzene rings is 1. The Labute approximate surface area is 134 Å². The molecule has 0 heterocycles. The molecule has 0 bridgehead atoms. The van der Waals surface area contributed by atoms with Crippen LogP contribution in [-0.2, 0) is 11.2 Å². The molecule has 1 aromatic carbocycles. The minimum Gasteiger partial charge on any atom is -0.493 e. The number of allylic oxidation sites excluding steroid dienone is 1. The molecule has 0 aliphatic heterocycles. The number of rotatable bonds is 12. The summed E-state index contributed by atoms with van der Waals surface area (Å²) in [6.45, 7) is 11.0. The number of hydrogen-bond donors (Lipinski definition) is 1. The molecule has 1 atom stereocenters. The van der Waals surface area contributed by atoms with E-state index in [1.165, 1.54) is 6.42 Å². The molecule has 0 saturated heterocycles. The van der Waals surface area contributed by atoms with E-state index in [1.807, 2.05) is 24.3 Å². The van der Waals surface area contributed by atoms with E-state index in [9.17, 15) is 0 Å². The first-order valence-electron chi connectivity index (χ1n) is 8.02. The number of nitrogens with two attached hydrogens (primary N) is 1. The highest BCUT2D eigenvalue weighted by Gasteiger charge is 2.05. The number of quaternary nitrogens is 1. The first-order chi connectivity index (χ1) is 10.7. The lowest BCUT2D eigenvalue weighted by Gasteiger charge is -2.12. The Bertz CT molecular complexity index is 434. The monoisotopic (exact) mass is 308 g/mol. The van der Waals surface area contributed by atoms with Gasteiger partial charge in [-0.2, -0.15) is 0 Å². The quantitative estimate of drug-likeness (QED) is 0.475. The Balaban J connectivity index is 2.25. The summed E-state index contributed by atoms with van der Waals surface area (Å²) in [5.74, 6) is 1.51. The Morgan fingerprint density at radius 2 is 2.05 bits per heavy atom. The van der Waals surface area contributed by atoms with Gasteiger partial charge in [-0.1, -0.05) is 19.1 Å². The summed E-state index contributed by atoms with van der Waals surface area (Å²) in [6, 6.07) is 6.62. The van der Waals surface area contributed by atoms with Gasteiger partial charge >= 0.3 is 0 Å². The van der Waals surface area contributed by atoms with E-state index in [0.29, 0.717) is 19.3 Å². The van der Waals surface area contributed by atoms with Crippen LogP contribution in [0.15, 0.2) is 30.9 Å². The average molecular weight is 308 g/mol. The van der Waals surface area contributed by atoms with Crippen LogP contribution in [0.4, 0.5) is 0 Å². The SMILES string of the molecule is C=CCc1ccc(OCCOCC[NH2+][C@@H](C)CC)c(OC)c1. The summed E-state index contributed by atoms with van der Waals surface area (Å²) in [6.07, 6.45) is 3.89. The van der Waals surface area contributed by atoms with Crippen LogP contribution in [0.25, 0.3) is 0 Å². The molecule has 22 heavy (non-hydrogen) atoms. The van der Waals surface area contributed by atoms with Crippen LogP contribution in [0.5, 0.6) is 11.5 Å². The lowest BCUT2D eigenvalue weighted by molar-refractivity contribution is -0.687. The van der Waals surface area contributed by atoms with E-state index in [2.05, 4.69) is 25.7 Å². The highest BCUT2D eigenvalue weighted by atomic mass is 16.5. The van der Waals surface area contributed by atoms with Crippen molar-refractivity contribution in [1.29, 1.82) is 0 Å². The van der Waals surface area contributed by atoms with E-state index in [-0.39, 0.29) is 0 Å². The number of ether oxygens (including phenoxy) is 3. The highest BCUT2D eigenvalue weighted by molar-refractivity contribution is 5.43. The van der Waals surface area contributed by atoms with Gasteiger partial charge in [-0.3, -0.25) is 0 Å². The minimum atomic E-state index is 0.528. The maximum Gasteiger partial charge on any atom is 0.161 e. The van der Waals surface area contributed by atoms with Crippen LogP contribution in [0, 0.1) is 0 Å². The Kier molecular flexibility index (Phi) is 9.35. The molecule has 2 N–H and O–H groups in total. The second-order valence-electron chi connectivity index (χ2n) is 5.35. The molecule has 0 spiro atoms. The van der Waals surface area contributed by atoms with Gasteiger partial charge in [0, 0.05) is 0 Å². The molecule has 124 valence electrons. The molecule has 0 aliphatic carbocycles. The van der Waals surface area contributed by atoms with Crippen LogP contribution in [0.2, 0.25) is 0 Å². The average Bonchev–Trinajstić information content (AvgIpc) is 2.54. The Morgan fingerprint density at radius 3 is 2.73 bits per heavy atom. The van der Waals surface area contributed by atoms with E-state index >= 15 is 0 Å². The fourth-order valence-electron chi connectivity index (χ4n) is 2.04. The van der Waals surface area contributed by atoms with Gasteiger partial charge < -0.3 is 19.5 Å². The molecule has 0 saturated carbocycles. The third kappa shape index (κ3) is 6.96. The zero-order valence-electron chi connectivity index (χ0n) is 14.1. The summed E-state index contributed by atoms with van der Waals surface area (Å²) in [5, 5.41) is 2.31. The van der Waals surface area contributed by atoms with Crippen molar-refractivity contribution >= 4 is 0 Å². The molecule has 0 aliphatic rings. The molecular formula is C18H30NO3+. The van der Waals surface area contributed by atoms with Crippen LogP contribution < -0.4 is 14.8 Å². The van der Waals surface area contributed by atoms with E-state index in [1.54, 1.807) is 7.11 Å². The molecule has 4 heteroatoms. The van der Waals surface area contributed by atoms with Crippen molar-refractivity contribution in [3.05, 3.63) is 36.4 Å². The molecule has 1 rings (SSSR count). The fraction of sp³-hybridized carbons (Fsp3) is 0.556. The standard InChI is InChI=1S/C18H29NO3/c1-5-7-16-8-9-17(18(14-16)20-4)22-13-12-21-11-10-19-15(3)6-2/h5,8-9,14-15,19H,1,6-7,10-13H2,2-4H3/p+1/t15-/m0/s1. The van der Waals surface area contributed by atoms with Crippen molar-refractivity contribution in [1.82, 2.24) is 0 Å². The summed E-state index contributed by atoms with van der Waals surface area (Å²) in [4.78, 5) is 0. The van der Waals surface area contributed by atoms with Crippen LogP contribution in [0.3, 0.4) is 0 Å². The fourth-order valence-corrected chi connectivity index (χ4v) is 2.04. The van der Waals surface area contributed by atoms with E-state index in [0.717, 1.165) is 36.6 Å². The van der Waals surface area contributed by atoms with E-state index in [4.69, 9.17) is 14.2 Å². The van der Waals surface area contributed by atoms with Crippen molar-refractivity contribution in [2.75, 3.05) is 33.5 Å². The first kappa shape index (κ1) is 18.5. The predicted octanol–water partition coefficient (Wildman–Crippen LogP) is 2.18. The van der Waals surface area contributed by atoms with Gasteiger partial charge in [0.05, 0.1) is 32.9 Å². The topological polar surface area (TPSA) is 44.3 Å². The van der Waals surface area contributed by atoms with Gasteiger partial charge in [-0.15, -0.1) is 6.58 Å². The van der Waals surface area contributed by atoms with Crippen molar-refractivity contribution in [3.8, 4) is 11.5 Å². The lowest BCUT2D eigenvalue weighted by atomic mass is 10.1. The van der Waals surface area contributed by atoms with Crippen LogP contribution in [0.1, 0.15) is 25.8 Å². The van der Waals surface area contributed by atoms with Gasteiger partial charge in [0.2, 0.25) is 0 Å². The first-order valence-corrected chi connectivity index (χ1v) is 8.02. The summed E-state index contributed by atoms with van der Waals surface area (Å²) in [5.41, 5.74) is 1.16. The highest BCUT2D eigenvalue weighted by Crippen LogP contribution is 2.28. The summed E-state index contributed by atoms with van der Waals surface area (Å²) < 4.78 is 16.7. The van der Waals surface area contributed by atoms with Crippen molar-refractivity contribution in [3.63, 3.8) is 0 Å².